The Hall–Kier alpha value is -1.26. The summed E-state index contributed by atoms with van der Waals surface area (Å²) in [4.78, 5) is 23.1. The number of aromatic hydroxyl groups is 1. The maximum absolute atomic E-state index is 11.7. The van der Waals surface area contributed by atoms with Crippen molar-refractivity contribution in [3.8, 4) is 5.75 Å². The Bertz CT molecular complexity index is 856. The van der Waals surface area contributed by atoms with Gasteiger partial charge in [-0.15, -0.1) is 11.8 Å². The number of aromatic nitrogens is 1. The molecule has 2 atom stereocenters. The van der Waals surface area contributed by atoms with Crippen molar-refractivity contribution in [3.63, 3.8) is 0 Å². The highest BCUT2D eigenvalue weighted by atomic mass is 79.9. The Labute approximate surface area is 157 Å². The van der Waals surface area contributed by atoms with Crippen LogP contribution in [0.3, 0.4) is 0 Å². The third-order valence-electron chi connectivity index (χ3n) is 4.55. The van der Waals surface area contributed by atoms with Crippen LogP contribution >= 0.6 is 27.7 Å². The van der Waals surface area contributed by atoms with Gasteiger partial charge in [0.25, 0.3) is 0 Å². The van der Waals surface area contributed by atoms with E-state index < -0.39 is 5.97 Å². The zero-order valence-corrected chi connectivity index (χ0v) is 16.0. The Morgan fingerprint density at radius 1 is 1.52 bits per heavy atom. The van der Waals surface area contributed by atoms with Gasteiger partial charge < -0.3 is 15.7 Å². The Balaban J connectivity index is 1.99. The van der Waals surface area contributed by atoms with E-state index in [-0.39, 0.29) is 17.8 Å². The molecule has 0 amide bonds. The van der Waals surface area contributed by atoms with E-state index in [4.69, 9.17) is 15.4 Å². The van der Waals surface area contributed by atoms with Gasteiger partial charge in [-0.05, 0) is 40.0 Å². The number of phenolic OH excluding ortho intramolecular Hbond substituents is 1. The predicted octanol–water partition coefficient (Wildman–Crippen LogP) is 1.95. The summed E-state index contributed by atoms with van der Waals surface area (Å²) in [6, 6.07) is 3.08. The number of nitrogens with zero attached hydrogens (tertiary/aromatic N) is 2. The number of hydroxylamine groups is 2. The first kappa shape index (κ1) is 17.2. The molecule has 0 saturated carbocycles. The van der Waals surface area contributed by atoms with Crippen LogP contribution in [0.1, 0.15) is 24.2 Å². The average Bonchev–Trinajstić information content (AvgIpc) is 2.72. The van der Waals surface area contributed by atoms with Crippen molar-refractivity contribution in [2.24, 2.45) is 5.73 Å². The number of benzene rings is 1. The summed E-state index contributed by atoms with van der Waals surface area (Å²) in [5, 5.41) is 12.9. The van der Waals surface area contributed by atoms with Crippen molar-refractivity contribution in [1.29, 1.82) is 0 Å². The Kier molecular flexibility index (Phi) is 4.45. The number of hydrogen-bond acceptors (Lipinski definition) is 7. The third-order valence-corrected chi connectivity index (χ3v) is 6.08. The fourth-order valence-corrected chi connectivity index (χ4v) is 4.67. The summed E-state index contributed by atoms with van der Waals surface area (Å²) in [7, 11) is 0. The minimum atomic E-state index is -0.418. The highest BCUT2D eigenvalue weighted by molar-refractivity contribution is 9.10. The minimum absolute atomic E-state index is 0.148. The quantitative estimate of drug-likeness (QED) is 0.718. The molecule has 0 unspecified atom stereocenters. The first-order valence-corrected chi connectivity index (χ1v) is 9.89. The molecule has 7 nitrogen and oxygen atoms in total. The van der Waals surface area contributed by atoms with Crippen molar-refractivity contribution >= 4 is 44.6 Å². The maximum Gasteiger partial charge on any atom is 0.329 e. The topological polar surface area (TPSA) is 90.0 Å². The molecule has 0 spiro atoms. The SMILES string of the molecule is CC(=O)On1c2c(c3cc(O)c(Br)cc31)CCN1OCSC[C@@H](N)[C@@H]21. The molecule has 9 heteroatoms. The second-order valence-corrected chi connectivity index (χ2v) is 8.01. The first-order valence-electron chi connectivity index (χ1n) is 7.95. The van der Waals surface area contributed by atoms with Crippen LogP contribution in [0.4, 0.5) is 0 Å². The lowest BCUT2D eigenvalue weighted by atomic mass is 9.95. The van der Waals surface area contributed by atoms with Gasteiger partial charge in [0.05, 0.1) is 21.7 Å². The van der Waals surface area contributed by atoms with E-state index in [1.807, 2.05) is 5.06 Å². The van der Waals surface area contributed by atoms with Crippen LogP contribution in [-0.2, 0) is 16.1 Å². The Morgan fingerprint density at radius 2 is 2.32 bits per heavy atom. The molecule has 0 bridgehead atoms. The molecule has 134 valence electrons. The van der Waals surface area contributed by atoms with Crippen LogP contribution in [0.5, 0.6) is 5.75 Å². The number of thioether (sulfide) groups is 1. The van der Waals surface area contributed by atoms with Crippen LogP contribution in [0, 0.1) is 0 Å². The van der Waals surface area contributed by atoms with Crippen LogP contribution < -0.4 is 10.6 Å². The van der Waals surface area contributed by atoms with Crippen molar-refractivity contribution < 1.29 is 19.6 Å². The van der Waals surface area contributed by atoms with Gasteiger partial charge >= 0.3 is 5.97 Å². The van der Waals surface area contributed by atoms with E-state index in [2.05, 4.69) is 15.9 Å². The predicted molar refractivity (Wildman–Crippen MR) is 98.1 cm³/mol. The number of halogens is 1. The summed E-state index contributed by atoms with van der Waals surface area (Å²) in [5.74, 6) is 1.03. The van der Waals surface area contributed by atoms with Gasteiger partial charge in [0.2, 0.25) is 0 Å². The Morgan fingerprint density at radius 3 is 3.08 bits per heavy atom. The average molecular weight is 428 g/mol. The highest BCUT2D eigenvalue weighted by Crippen LogP contribution is 2.42. The number of hydrogen-bond donors (Lipinski definition) is 2. The van der Waals surface area contributed by atoms with Gasteiger partial charge in [-0.1, -0.05) is 0 Å². The molecule has 0 aliphatic carbocycles. The molecule has 2 aromatic rings. The molecule has 2 aliphatic rings. The fraction of sp³-hybridized carbons (Fsp3) is 0.438. The fourth-order valence-electron chi connectivity index (χ4n) is 3.58. The van der Waals surface area contributed by atoms with E-state index in [0.29, 0.717) is 17.0 Å². The van der Waals surface area contributed by atoms with Crippen molar-refractivity contribution in [3.05, 3.63) is 27.9 Å². The molecule has 3 heterocycles. The van der Waals surface area contributed by atoms with E-state index in [9.17, 15) is 9.90 Å². The highest BCUT2D eigenvalue weighted by Gasteiger charge is 2.40. The van der Waals surface area contributed by atoms with Gasteiger partial charge in [-0.3, -0.25) is 4.84 Å². The molecule has 1 fully saturated rings. The normalized spacial score (nSPS) is 23.8. The number of nitrogens with two attached hydrogens (primary N) is 1. The van der Waals surface area contributed by atoms with E-state index >= 15 is 0 Å². The van der Waals surface area contributed by atoms with Gasteiger partial charge in [-0.2, -0.15) is 9.79 Å². The van der Waals surface area contributed by atoms with E-state index in [1.165, 1.54) is 6.92 Å². The van der Waals surface area contributed by atoms with Crippen LogP contribution in [-0.4, -0.2) is 45.1 Å². The summed E-state index contributed by atoms with van der Waals surface area (Å²) < 4.78 is 2.09. The number of carbonyl (C=O) groups is 1. The minimum Gasteiger partial charge on any atom is -0.507 e. The van der Waals surface area contributed by atoms with Gasteiger partial charge in [0.15, 0.2) is 0 Å². The zero-order chi connectivity index (χ0) is 17.7. The standard InChI is InChI=1S/C16H18BrN3O4S/c1-8(21)24-20-13-5-11(17)14(22)4-10(13)9-2-3-19-16(15(9)20)12(18)6-25-7-23-19/h4-5,12,16,22H,2-3,6-7,18H2,1H3/t12-,16+/m1/s1. The monoisotopic (exact) mass is 427 g/mol. The summed E-state index contributed by atoms with van der Waals surface area (Å²) in [6.07, 6.45) is 0.717. The maximum atomic E-state index is 11.7. The molecule has 1 saturated heterocycles. The van der Waals surface area contributed by atoms with Crippen LogP contribution in [0.25, 0.3) is 10.9 Å². The zero-order valence-electron chi connectivity index (χ0n) is 13.6. The van der Waals surface area contributed by atoms with Crippen molar-refractivity contribution in [2.75, 3.05) is 18.2 Å². The van der Waals surface area contributed by atoms with Crippen molar-refractivity contribution in [1.82, 2.24) is 9.79 Å². The number of carbonyl (C=O) groups excluding carboxylic acids is 1. The van der Waals surface area contributed by atoms with Crippen molar-refractivity contribution in [2.45, 2.75) is 25.4 Å². The molecule has 25 heavy (non-hydrogen) atoms. The lowest BCUT2D eigenvalue weighted by Crippen LogP contribution is -2.46. The third kappa shape index (κ3) is 2.83. The molecular weight excluding hydrogens is 410 g/mol. The van der Waals surface area contributed by atoms with Gasteiger partial charge in [0, 0.05) is 30.6 Å². The summed E-state index contributed by atoms with van der Waals surface area (Å²) in [6.45, 7) is 2.07. The smallest absolute Gasteiger partial charge is 0.329 e. The first-order chi connectivity index (χ1) is 12.0. The molecule has 1 aromatic carbocycles. The molecule has 4 rings (SSSR count). The molecule has 3 N–H and O–H groups in total. The second-order valence-electron chi connectivity index (χ2n) is 6.18. The number of rotatable bonds is 1. The second kappa shape index (κ2) is 6.48. The van der Waals surface area contributed by atoms with Gasteiger partial charge in [-0.25, -0.2) is 4.79 Å². The van der Waals surface area contributed by atoms with Crippen LogP contribution in [0.15, 0.2) is 16.6 Å². The largest absolute Gasteiger partial charge is 0.507 e. The number of phenols is 1. The van der Waals surface area contributed by atoms with E-state index in [1.54, 1.807) is 28.6 Å². The number of fused-ring (bicyclic) bond motifs is 5. The lowest BCUT2D eigenvalue weighted by molar-refractivity contribution is -0.179. The van der Waals surface area contributed by atoms with Crippen LogP contribution in [0.2, 0.25) is 0 Å². The molecule has 2 aliphatic heterocycles. The molecular formula is C16H18BrN3O4S. The van der Waals surface area contributed by atoms with E-state index in [0.717, 1.165) is 34.3 Å². The molecule has 0 radical (unpaired) electrons. The van der Waals surface area contributed by atoms with Gasteiger partial charge in [0.1, 0.15) is 11.7 Å². The lowest BCUT2D eigenvalue weighted by Gasteiger charge is -2.36. The summed E-state index contributed by atoms with van der Waals surface area (Å²) >= 11 is 4.98. The summed E-state index contributed by atoms with van der Waals surface area (Å²) in [5.41, 5.74) is 9.01. The molecule has 1 aromatic heterocycles.